The highest BCUT2D eigenvalue weighted by Crippen LogP contribution is 2.22. The lowest BCUT2D eigenvalue weighted by Crippen LogP contribution is -2.27. The van der Waals surface area contributed by atoms with E-state index in [4.69, 9.17) is 0 Å². The second-order valence-electron chi connectivity index (χ2n) is 4.74. The summed E-state index contributed by atoms with van der Waals surface area (Å²) in [6.07, 6.45) is 0.459. The fourth-order valence-corrected chi connectivity index (χ4v) is 2.91. The Hall–Kier alpha value is -2.13. The maximum absolute atomic E-state index is 12.3. The number of benzene rings is 2. The molecule has 0 fully saturated rings. The van der Waals surface area contributed by atoms with Crippen LogP contribution >= 0.6 is 11.3 Å². The van der Waals surface area contributed by atoms with Crippen molar-refractivity contribution in [3.8, 4) is 0 Å². The van der Waals surface area contributed by atoms with Crippen LogP contribution in [-0.2, 0) is 11.2 Å². The van der Waals surface area contributed by atoms with E-state index in [1.54, 1.807) is 16.2 Å². The van der Waals surface area contributed by atoms with E-state index in [1.165, 1.54) is 5.39 Å². The summed E-state index contributed by atoms with van der Waals surface area (Å²) in [5, 5.41) is 4.34. The maximum Gasteiger partial charge on any atom is 0.231 e. The van der Waals surface area contributed by atoms with Crippen molar-refractivity contribution in [3.05, 3.63) is 64.9 Å². The van der Waals surface area contributed by atoms with E-state index in [2.05, 4.69) is 24.3 Å². The summed E-state index contributed by atoms with van der Waals surface area (Å²) in [4.78, 5) is 15.1. The van der Waals surface area contributed by atoms with Gasteiger partial charge in [0.1, 0.15) is 0 Å². The number of fused-ring (bicyclic) bond motifs is 1. The van der Waals surface area contributed by atoms with Crippen molar-refractivity contribution in [1.29, 1.82) is 0 Å². The highest BCUT2D eigenvalue weighted by Gasteiger charge is 2.12. The van der Waals surface area contributed by atoms with Gasteiger partial charge in [0.25, 0.3) is 0 Å². The van der Waals surface area contributed by atoms with Crippen LogP contribution in [0.15, 0.2) is 60.0 Å². The first kappa shape index (κ1) is 12.9. The fraction of sp³-hybridized carbons (Fsp3) is 0.118. The van der Waals surface area contributed by atoms with Gasteiger partial charge in [-0.15, -0.1) is 11.3 Å². The average molecular weight is 281 g/mol. The van der Waals surface area contributed by atoms with Crippen molar-refractivity contribution in [1.82, 2.24) is 0 Å². The number of carbonyl (C=O) groups excluding carboxylic acids is 1. The van der Waals surface area contributed by atoms with E-state index >= 15 is 0 Å². The molecule has 20 heavy (non-hydrogen) atoms. The third-order valence-electron chi connectivity index (χ3n) is 3.40. The molecule has 2 aromatic carbocycles. The Labute approximate surface area is 122 Å². The Kier molecular flexibility index (Phi) is 3.52. The molecule has 1 heterocycles. The first-order valence-corrected chi connectivity index (χ1v) is 7.40. The van der Waals surface area contributed by atoms with Crippen molar-refractivity contribution < 1.29 is 4.79 Å². The molecule has 3 heteroatoms. The molecule has 0 spiro atoms. The lowest BCUT2D eigenvalue weighted by molar-refractivity contribution is -0.117. The number of amides is 1. The van der Waals surface area contributed by atoms with Gasteiger partial charge in [-0.1, -0.05) is 36.4 Å². The minimum absolute atomic E-state index is 0.114. The van der Waals surface area contributed by atoms with Gasteiger partial charge in [-0.05, 0) is 34.4 Å². The van der Waals surface area contributed by atoms with Crippen LogP contribution in [0.25, 0.3) is 10.8 Å². The molecule has 3 aromatic rings. The summed E-state index contributed by atoms with van der Waals surface area (Å²) in [6, 6.07) is 18.3. The zero-order chi connectivity index (χ0) is 13.9. The first-order chi connectivity index (χ1) is 9.74. The van der Waals surface area contributed by atoms with Gasteiger partial charge in [0.05, 0.1) is 6.42 Å². The van der Waals surface area contributed by atoms with Crippen LogP contribution in [0.4, 0.5) is 5.69 Å². The van der Waals surface area contributed by atoms with E-state index in [-0.39, 0.29) is 5.91 Å². The van der Waals surface area contributed by atoms with Crippen LogP contribution < -0.4 is 4.90 Å². The van der Waals surface area contributed by atoms with Crippen molar-refractivity contribution in [2.45, 2.75) is 6.42 Å². The molecule has 1 amide bonds. The molecule has 100 valence electrons. The van der Waals surface area contributed by atoms with Gasteiger partial charge in [0, 0.05) is 17.6 Å². The van der Waals surface area contributed by atoms with E-state index < -0.39 is 0 Å². The standard InChI is InChI=1S/C17H15NOS/c1-18(17(19)12-16-7-4-10-20-16)15-9-8-13-5-2-3-6-14(13)11-15/h2-11H,12H2,1H3. The summed E-state index contributed by atoms with van der Waals surface area (Å²) in [5.41, 5.74) is 0.935. The number of thiophene rings is 1. The Morgan fingerprint density at radius 2 is 1.85 bits per heavy atom. The molecule has 0 atom stereocenters. The molecule has 2 nitrogen and oxygen atoms in total. The first-order valence-electron chi connectivity index (χ1n) is 6.52. The fourth-order valence-electron chi connectivity index (χ4n) is 2.21. The average Bonchev–Trinajstić information content (AvgIpc) is 2.99. The Morgan fingerprint density at radius 3 is 2.60 bits per heavy atom. The van der Waals surface area contributed by atoms with E-state index in [0.717, 1.165) is 16.0 Å². The third kappa shape index (κ3) is 2.58. The number of likely N-dealkylation sites (N-methyl/N-ethyl adjacent to an activating group) is 1. The number of rotatable bonds is 3. The number of nitrogens with zero attached hydrogens (tertiary/aromatic N) is 1. The molecule has 0 unspecified atom stereocenters. The zero-order valence-electron chi connectivity index (χ0n) is 11.2. The topological polar surface area (TPSA) is 20.3 Å². The van der Waals surface area contributed by atoms with E-state index in [9.17, 15) is 4.79 Å². The quantitative estimate of drug-likeness (QED) is 0.707. The molecule has 0 aliphatic carbocycles. The Bertz CT molecular complexity index is 734. The monoisotopic (exact) mass is 281 g/mol. The van der Waals surface area contributed by atoms with Crippen LogP contribution in [0.5, 0.6) is 0 Å². The van der Waals surface area contributed by atoms with Gasteiger partial charge < -0.3 is 4.90 Å². The van der Waals surface area contributed by atoms with Gasteiger partial charge in [-0.2, -0.15) is 0 Å². The van der Waals surface area contributed by atoms with Crippen LogP contribution in [0.1, 0.15) is 4.88 Å². The van der Waals surface area contributed by atoms with Crippen molar-refractivity contribution in [3.63, 3.8) is 0 Å². The largest absolute Gasteiger partial charge is 0.315 e. The molecule has 0 radical (unpaired) electrons. The predicted molar refractivity (Wildman–Crippen MR) is 85.4 cm³/mol. The van der Waals surface area contributed by atoms with Crippen molar-refractivity contribution in [2.75, 3.05) is 11.9 Å². The van der Waals surface area contributed by atoms with Crippen LogP contribution in [0, 0.1) is 0 Å². The second-order valence-corrected chi connectivity index (χ2v) is 5.77. The molecular formula is C17H15NOS. The Morgan fingerprint density at radius 1 is 1.05 bits per heavy atom. The highest BCUT2D eigenvalue weighted by atomic mass is 32.1. The van der Waals surface area contributed by atoms with Crippen molar-refractivity contribution in [2.24, 2.45) is 0 Å². The lowest BCUT2D eigenvalue weighted by atomic mass is 10.1. The van der Waals surface area contributed by atoms with Crippen molar-refractivity contribution >= 4 is 33.7 Å². The second kappa shape index (κ2) is 5.47. The number of anilines is 1. The van der Waals surface area contributed by atoms with Crippen LogP contribution in [0.2, 0.25) is 0 Å². The minimum Gasteiger partial charge on any atom is -0.315 e. The van der Waals surface area contributed by atoms with Crippen LogP contribution in [0.3, 0.4) is 0 Å². The molecule has 0 N–H and O–H groups in total. The van der Waals surface area contributed by atoms with Gasteiger partial charge in [0.15, 0.2) is 0 Å². The SMILES string of the molecule is CN(C(=O)Cc1cccs1)c1ccc2ccccc2c1. The molecular weight excluding hydrogens is 266 g/mol. The molecule has 3 rings (SSSR count). The van der Waals surface area contributed by atoms with E-state index in [1.807, 2.05) is 42.8 Å². The van der Waals surface area contributed by atoms with Gasteiger partial charge in [-0.25, -0.2) is 0 Å². The maximum atomic E-state index is 12.3. The highest BCUT2D eigenvalue weighted by molar-refractivity contribution is 7.10. The minimum atomic E-state index is 0.114. The summed E-state index contributed by atoms with van der Waals surface area (Å²) in [5.74, 6) is 0.114. The normalized spacial score (nSPS) is 10.7. The number of carbonyl (C=O) groups is 1. The lowest BCUT2D eigenvalue weighted by Gasteiger charge is -2.17. The molecule has 0 bridgehead atoms. The smallest absolute Gasteiger partial charge is 0.231 e. The Balaban J connectivity index is 1.84. The number of hydrogen-bond donors (Lipinski definition) is 0. The predicted octanol–water partition coefficient (Wildman–Crippen LogP) is 4.11. The summed E-state index contributed by atoms with van der Waals surface area (Å²) in [7, 11) is 1.83. The molecule has 0 aliphatic heterocycles. The van der Waals surface area contributed by atoms with Crippen LogP contribution in [-0.4, -0.2) is 13.0 Å². The van der Waals surface area contributed by atoms with Gasteiger partial charge in [0.2, 0.25) is 5.91 Å². The molecule has 0 aliphatic rings. The summed E-state index contributed by atoms with van der Waals surface area (Å²) >= 11 is 1.62. The molecule has 0 saturated heterocycles. The number of hydrogen-bond acceptors (Lipinski definition) is 2. The molecule has 1 aromatic heterocycles. The third-order valence-corrected chi connectivity index (χ3v) is 4.28. The molecule has 0 saturated carbocycles. The summed E-state index contributed by atoms with van der Waals surface area (Å²) in [6.45, 7) is 0. The summed E-state index contributed by atoms with van der Waals surface area (Å²) < 4.78 is 0. The van der Waals surface area contributed by atoms with Gasteiger partial charge >= 0.3 is 0 Å². The van der Waals surface area contributed by atoms with E-state index in [0.29, 0.717) is 6.42 Å². The van der Waals surface area contributed by atoms with Gasteiger partial charge in [-0.3, -0.25) is 4.79 Å². The zero-order valence-corrected chi connectivity index (χ0v) is 12.1.